The van der Waals surface area contributed by atoms with E-state index in [4.69, 9.17) is 5.73 Å². The number of hydrogen-bond acceptors (Lipinski definition) is 7. The Hall–Kier alpha value is -4.72. The third kappa shape index (κ3) is 8.63. The van der Waals surface area contributed by atoms with Gasteiger partial charge in [-0.2, -0.15) is 0 Å². The molecule has 0 saturated carbocycles. The fourth-order valence-electron chi connectivity index (χ4n) is 4.20. The molecule has 2 aromatic heterocycles. The van der Waals surface area contributed by atoms with Gasteiger partial charge in [0.1, 0.15) is 18.1 Å². The van der Waals surface area contributed by atoms with Gasteiger partial charge in [-0.1, -0.05) is 32.0 Å². The van der Waals surface area contributed by atoms with Crippen LogP contribution >= 0.6 is 0 Å². The fourth-order valence-corrected chi connectivity index (χ4v) is 4.20. The minimum atomic E-state index is -1.40. The first kappa shape index (κ1) is 30.8. The molecule has 9 N–H and O–H groups in total. The smallest absolute Gasteiger partial charge is 0.326 e. The zero-order chi connectivity index (χ0) is 30.1. The van der Waals surface area contributed by atoms with E-state index in [9.17, 15) is 34.2 Å². The van der Waals surface area contributed by atoms with Crippen molar-refractivity contribution in [1.82, 2.24) is 30.9 Å². The molecule has 2 heterocycles. The summed E-state index contributed by atoms with van der Waals surface area (Å²) in [4.78, 5) is 72.3. The van der Waals surface area contributed by atoms with E-state index in [1.165, 1.54) is 12.5 Å². The predicted octanol–water partition coefficient (Wildman–Crippen LogP) is 0.0633. The standard InChI is InChI=1S/C27H35N7O7/c1-14(2)23(28)26(39)33-20(9-15-11-30-18-6-4-3-5-17(15)18)25(38)32-19(7-8-22(35)36)24(37)34-21(27(40)41)10-16-12-29-13-31-16/h3-6,11-14,19-21,23,30H,7-10,28H2,1-2H3,(H,29,31)(H,32,38)(H,33,39)(H,34,37)(H,35,36)(H,40,41). The summed E-state index contributed by atoms with van der Waals surface area (Å²) in [6, 6.07) is 2.53. The van der Waals surface area contributed by atoms with Gasteiger partial charge in [0.25, 0.3) is 0 Å². The highest BCUT2D eigenvalue weighted by Gasteiger charge is 2.32. The number of fused-ring (bicyclic) bond motifs is 1. The number of rotatable bonds is 15. The van der Waals surface area contributed by atoms with Crippen LogP contribution in [0.2, 0.25) is 0 Å². The van der Waals surface area contributed by atoms with Gasteiger partial charge >= 0.3 is 11.9 Å². The lowest BCUT2D eigenvalue weighted by Gasteiger charge is -2.25. The Kier molecular flexibility index (Phi) is 10.6. The summed E-state index contributed by atoms with van der Waals surface area (Å²) in [5.74, 6) is -4.98. The van der Waals surface area contributed by atoms with E-state index in [2.05, 4.69) is 30.9 Å². The summed E-state index contributed by atoms with van der Waals surface area (Å²) < 4.78 is 0. The van der Waals surface area contributed by atoms with E-state index in [1.807, 2.05) is 24.3 Å². The molecule has 3 amide bonds. The lowest BCUT2D eigenvalue weighted by Crippen LogP contribution is -2.58. The molecule has 4 unspecified atom stereocenters. The third-order valence-electron chi connectivity index (χ3n) is 6.63. The Morgan fingerprint density at radius 1 is 0.902 bits per heavy atom. The number of nitrogens with one attached hydrogen (secondary N) is 5. The van der Waals surface area contributed by atoms with Crippen LogP contribution in [0.3, 0.4) is 0 Å². The number of aromatic nitrogens is 3. The normalized spacial score (nSPS) is 14.1. The molecule has 1 aromatic carbocycles. The summed E-state index contributed by atoms with van der Waals surface area (Å²) in [6.07, 6.45) is 3.60. The number of imidazole rings is 1. The Balaban J connectivity index is 1.83. The van der Waals surface area contributed by atoms with Crippen molar-refractivity contribution >= 4 is 40.6 Å². The largest absolute Gasteiger partial charge is 0.481 e. The molecule has 0 radical (unpaired) electrons. The highest BCUT2D eigenvalue weighted by atomic mass is 16.4. The number of hydrogen-bond donors (Lipinski definition) is 8. The van der Waals surface area contributed by atoms with Gasteiger partial charge in [0.15, 0.2) is 0 Å². The number of aromatic amines is 2. The molecule has 41 heavy (non-hydrogen) atoms. The van der Waals surface area contributed by atoms with Crippen LogP contribution in [-0.4, -0.2) is 79.0 Å². The first-order valence-corrected chi connectivity index (χ1v) is 13.1. The number of carboxylic acid groups (broad SMARTS) is 2. The average Bonchev–Trinajstić information content (AvgIpc) is 3.59. The second kappa shape index (κ2) is 14.1. The number of carboxylic acids is 2. The molecule has 0 aliphatic heterocycles. The molecule has 0 saturated heterocycles. The van der Waals surface area contributed by atoms with Crippen LogP contribution in [-0.2, 0) is 36.8 Å². The molecule has 3 aromatic rings. The number of aliphatic carboxylic acids is 2. The van der Waals surface area contributed by atoms with Crippen LogP contribution in [0.1, 0.15) is 37.9 Å². The predicted molar refractivity (Wildman–Crippen MR) is 147 cm³/mol. The maximum atomic E-state index is 13.5. The van der Waals surface area contributed by atoms with Crippen LogP contribution in [0, 0.1) is 5.92 Å². The summed E-state index contributed by atoms with van der Waals surface area (Å²) >= 11 is 0. The van der Waals surface area contributed by atoms with Gasteiger partial charge < -0.3 is 41.9 Å². The van der Waals surface area contributed by atoms with Crippen molar-refractivity contribution in [2.45, 2.75) is 63.7 Å². The van der Waals surface area contributed by atoms with Gasteiger partial charge in [0, 0.05) is 48.3 Å². The minimum absolute atomic E-state index is 0.0389. The third-order valence-corrected chi connectivity index (χ3v) is 6.63. The fraction of sp³-hybridized carbons (Fsp3) is 0.407. The topological polar surface area (TPSA) is 232 Å². The van der Waals surface area contributed by atoms with Crippen molar-refractivity contribution in [3.05, 3.63) is 54.2 Å². The number of para-hydroxylation sites is 1. The van der Waals surface area contributed by atoms with E-state index < -0.39 is 60.2 Å². The molecule has 14 nitrogen and oxygen atoms in total. The quantitative estimate of drug-likeness (QED) is 0.123. The lowest BCUT2D eigenvalue weighted by molar-refractivity contribution is -0.143. The first-order chi connectivity index (χ1) is 19.5. The van der Waals surface area contributed by atoms with Crippen LogP contribution in [0.4, 0.5) is 0 Å². The summed E-state index contributed by atoms with van der Waals surface area (Å²) in [6.45, 7) is 3.51. The van der Waals surface area contributed by atoms with Crippen LogP contribution in [0.5, 0.6) is 0 Å². The van der Waals surface area contributed by atoms with E-state index in [0.29, 0.717) is 5.69 Å². The van der Waals surface area contributed by atoms with Gasteiger partial charge in [-0.15, -0.1) is 0 Å². The van der Waals surface area contributed by atoms with Crippen molar-refractivity contribution in [3.63, 3.8) is 0 Å². The monoisotopic (exact) mass is 569 g/mol. The molecule has 0 spiro atoms. The second-order valence-corrected chi connectivity index (χ2v) is 10.1. The Morgan fingerprint density at radius 3 is 2.20 bits per heavy atom. The number of nitrogens with two attached hydrogens (primary N) is 1. The number of carbonyl (C=O) groups is 5. The van der Waals surface area contributed by atoms with Crippen molar-refractivity contribution in [2.24, 2.45) is 11.7 Å². The molecule has 0 aliphatic rings. The molecular weight excluding hydrogens is 534 g/mol. The van der Waals surface area contributed by atoms with Gasteiger partial charge in [-0.25, -0.2) is 9.78 Å². The Labute approximate surface area is 235 Å². The molecule has 4 atom stereocenters. The maximum absolute atomic E-state index is 13.5. The van der Waals surface area contributed by atoms with Crippen molar-refractivity contribution < 1.29 is 34.2 Å². The van der Waals surface area contributed by atoms with Crippen LogP contribution < -0.4 is 21.7 Å². The number of benzene rings is 1. The zero-order valence-corrected chi connectivity index (χ0v) is 22.7. The molecule has 0 aliphatic carbocycles. The Bertz CT molecular complexity index is 1370. The van der Waals surface area contributed by atoms with E-state index in [0.717, 1.165) is 16.5 Å². The zero-order valence-electron chi connectivity index (χ0n) is 22.7. The molecular formula is C27H35N7O7. The summed E-state index contributed by atoms with van der Waals surface area (Å²) in [7, 11) is 0. The number of H-pyrrole nitrogens is 2. The van der Waals surface area contributed by atoms with Crippen molar-refractivity contribution in [2.75, 3.05) is 0 Å². The molecule has 0 fully saturated rings. The van der Waals surface area contributed by atoms with Gasteiger partial charge in [-0.05, 0) is 24.0 Å². The van der Waals surface area contributed by atoms with Gasteiger partial charge in [0.05, 0.1) is 12.4 Å². The second-order valence-electron chi connectivity index (χ2n) is 10.1. The highest BCUT2D eigenvalue weighted by molar-refractivity contribution is 5.95. The van der Waals surface area contributed by atoms with E-state index in [1.54, 1.807) is 20.0 Å². The van der Waals surface area contributed by atoms with E-state index in [-0.39, 0.29) is 25.2 Å². The molecule has 220 valence electrons. The number of nitrogens with zero attached hydrogens (tertiary/aromatic N) is 1. The molecule has 0 bridgehead atoms. The average molecular weight is 570 g/mol. The van der Waals surface area contributed by atoms with Gasteiger partial charge in [-0.3, -0.25) is 19.2 Å². The summed E-state index contributed by atoms with van der Waals surface area (Å²) in [5, 5.41) is 27.2. The highest BCUT2D eigenvalue weighted by Crippen LogP contribution is 2.19. The van der Waals surface area contributed by atoms with E-state index >= 15 is 0 Å². The van der Waals surface area contributed by atoms with Crippen LogP contribution in [0.25, 0.3) is 10.9 Å². The number of amides is 3. The van der Waals surface area contributed by atoms with Crippen molar-refractivity contribution in [3.8, 4) is 0 Å². The maximum Gasteiger partial charge on any atom is 0.326 e. The molecule has 14 heteroatoms. The molecule has 3 rings (SSSR count). The SMILES string of the molecule is CC(C)C(N)C(=O)NC(Cc1c[nH]c2ccccc12)C(=O)NC(CCC(=O)O)C(=O)NC(Cc1cnc[nH]1)C(=O)O. The lowest BCUT2D eigenvalue weighted by atomic mass is 10.0. The summed E-state index contributed by atoms with van der Waals surface area (Å²) in [5.41, 5.74) is 7.99. The number of carbonyl (C=O) groups excluding carboxylic acids is 3. The van der Waals surface area contributed by atoms with Crippen molar-refractivity contribution in [1.29, 1.82) is 0 Å². The minimum Gasteiger partial charge on any atom is -0.481 e. The van der Waals surface area contributed by atoms with Gasteiger partial charge in [0.2, 0.25) is 17.7 Å². The van der Waals surface area contributed by atoms with Crippen LogP contribution in [0.15, 0.2) is 43.0 Å². The first-order valence-electron chi connectivity index (χ1n) is 13.1. The Morgan fingerprint density at radius 2 is 1.56 bits per heavy atom.